The van der Waals surface area contributed by atoms with E-state index in [9.17, 15) is 0 Å². The summed E-state index contributed by atoms with van der Waals surface area (Å²) in [5.41, 5.74) is 2.50. The molecule has 1 aromatic carbocycles. The van der Waals surface area contributed by atoms with Crippen molar-refractivity contribution in [3.8, 4) is 0 Å². The van der Waals surface area contributed by atoms with Gasteiger partial charge in [0, 0.05) is 23.2 Å². The van der Waals surface area contributed by atoms with Gasteiger partial charge >= 0.3 is 0 Å². The summed E-state index contributed by atoms with van der Waals surface area (Å²) in [6.07, 6.45) is 0. The molecule has 0 atom stereocenters. The number of benzene rings is 1. The van der Waals surface area contributed by atoms with E-state index in [0.717, 1.165) is 26.2 Å². The first kappa shape index (κ1) is 13.5. The van der Waals surface area contributed by atoms with Crippen molar-refractivity contribution in [2.75, 3.05) is 31.5 Å². The van der Waals surface area contributed by atoms with E-state index in [2.05, 4.69) is 65.1 Å². The van der Waals surface area contributed by atoms with Crippen molar-refractivity contribution in [2.45, 2.75) is 20.8 Å². The minimum Gasteiger partial charge on any atom is -0.384 e. The summed E-state index contributed by atoms with van der Waals surface area (Å²) >= 11 is 3.54. The Morgan fingerprint density at radius 2 is 1.94 bits per heavy atom. The maximum Gasteiger partial charge on any atom is 0.0381 e. The van der Waals surface area contributed by atoms with Gasteiger partial charge in [-0.2, -0.15) is 0 Å². The number of rotatable bonds is 6. The van der Waals surface area contributed by atoms with Gasteiger partial charge in [-0.25, -0.2) is 0 Å². The van der Waals surface area contributed by atoms with Gasteiger partial charge in [-0.15, -0.1) is 0 Å². The molecule has 1 aromatic rings. The molecule has 0 bridgehead atoms. The van der Waals surface area contributed by atoms with Crippen molar-refractivity contribution < 1.29 is 0 Å². The summed E-state index contributed by atoms with van der Waals surface area (Å²) in [5.74, 6) is 0. The van der Waals surface area contributed by atoms with Crippen molar-refractivity contribution in [3.05, 3.63) is 28.2 Å². The lowest BCUT2D eigenvalue weighted by Gasteiger charge is -2.19. The Balaban J connectivity index is 2.46. The summed E-state index contributed by atoms with van der Waals surface area (Å²) in [5, 5.41) is 3.48. The Kier molecular flexibility index (Phi) is 5.85. The van der Waals surface area contributed by atoms with Crippen molar-refractivity contribution in [3.63, 3.8) is 0 Å². The Hall–Kier alpha value is -0.540. The molecular formula is C13H21BrN2. The molecule has 0 heterocycles. The first-order valence-corrected chi connectivity index (χ1v) is 6.69. The molecule has 3 heteroatoms. The molecule has 0 radical (unpaired) electrons. The second kappa shape index (κ2) is 6.92. The lowest BCUT2D eigenvalue weighted by molar-refractivity contribution is 0.316. The number of likely N-dealkylation sites (N-methyl/N-ethyl adjacent to an activating group) is 1. The fraction of sp³-hybridized carbons (Fsp3) is 0.538. The first-order valence-electron chi connectivity index (χ1n) is 5.90. The molecule has 0 saturated carbocycles. The molecule has 0 aliphatic carbocycles. The minimum atomic E-state index is 0.999. The first-order chi connectivity index (χ1) is 7.69. The van der Waals surface area contributed by atoms with Crippen LogP contribution in [0.1, 0.15) is 19.4 Å². The van der Waals surface area contributed by atoms with Crippen LogP contribution in [0.2, 0.25) is 0 Å². The number of hydrogen-bond acceptors (Lipinski definition) is 2. The summed E-state index contributed by atoms with van der Waals surface area (Å²) in [7, 11) is 0. The number of anilines is 1. The van der Waals surface area contributed by atoms with Crippen LogP contribution < -0.4 is 5.32 Å². The fourth-order valence-corrected chi connectivity index (χ4v) is 2.05. The average Bonchev–Trinajstić information content (AvgIpc) is 2.30. The molecule has 90 valence electrons. The van der Waals surface area contributed by atoms with E-state index in [1.165, 1.54) is 15.7 Å². The van der Waals surface area contributed by atoms with Gasteiger partial charge in [0.25, 0.3) is 0 Å². The zero-order valence-corrected chi connectivity index (χ0v) is 12.0. The van der Waals surface area contributed by atoms with Gasteiger partial charge in [0.05, 0.1) is 0 Å². The summed E-state index contributed by atoms with van der Waals surface area (Å²) in [6, 6.07) is 6.27. The van der Waals surface area contributed by atoms with Gasteiger partial charge < -0.3 is 10.2 Å². The predicted molar refractivity (Wildman–Crippen MR) is 75.2 cm³/mol. The maximum absolute atomic E-state index is 3.54. The van der Waals surface area contributed by atoms with Crippen molar-refractivity contribution in [1.29, 1.82) is 0 Å². The van der Waals surface area contributed by atoms with Gasteiger partial charge in [0.1, 0.15) is 0 Å². The Bertz CT molecular complexity index is 322. The molecule has 0 fully saturated rings. The van der Waals surface area contributed by atoms with E-state index in [4.69, 9.17) is 0 Å². The number of hydrogen-bond donors (Lipinski definition) is 1. The quantitative estimate of drug-likeness (QED) is 0.860. The Morgan fingerprint density at radius 3 is 2.56 bits per heavy atom. The summed E-state index contributed by atoms with van der Waals surface area (Å²) < 4.78 is 1.17. The third-order valence-corrected chi connectivity index (χ3v) is 3.76. The van der Waals surface area contributed by atoms with Crippen LogP contribution >= 0.6 is 15.9 Å². The zero-order valence-electron chi connectivity index (χ0n) is 10.4. The van der Waals surface area contributed by atoms with Crippen LogP contribution in [0, 0.1) is 6.92 Å². The molecule has 1 N–H and O–H groups in total. The monoisotopic (exact) mass is 284 g/mol. The van der Waals surface area contributed by atoms with Crippen LogP contribution in [0.15, 0.2) is 22.7 Å². The molecular weight excluding hydrogens is 264 g/mol. The summed E-state index contributed by atoms with van der Waals surface area (Å²) in [4.78, 5) is 2.42. The molecule has 0 amide bonds. The number of nitrogens with one attached hydrogen (secondary N) is 1. The normalized spacial score (nSPS) is 10.8. The van der Waals surface area contributed by atoms with Crippen molar-refractivity contribution in [2.24, 2.45) is 0 Å². The topological polar surface area (TPSA) is 15.3 Å². The molecule has 2 nitrogen and oxygen atoms in total. The van der Waals surface area contributed by atoms with E-state index in [-0.39, 0.29) is 0 Å². The fourth-order valence-electron chi connectivity index (χ4n) is 1.69. The molecule has 0 aliphatic heterocycles. The van der Waals surface area contributed by atoms with Crippen molar-refractivity contribution >= 4 is 21.6 Å². The lowest BCUT2D eigenvalue weighted by atomic mass is 10.2. The smallest absolute Gasteiger partial charge is 0.0381 e. The SMILES string of the molecule is CCN(CC)CCNc1cccc(Br)c1C. The number of halogens is 1. The van der Waals surface area contributed by atoms with Gasteiger partial charge in [-0.05, 0) is 37.7 Å². The second-order valence-corrected chi connectivity index (χ2v) is 4.72. The maximum atomic E-state index is 3.54. The highest BCUT2D eigenvalue weighted by Gasteiger charge is 2.02. The minimum absolute atomic E-state index is 0.999. The van der Waals surface area contributed by atoms with Gasteiger partial charge in [-0.3, -0.25) is 0 Å². The van der Waals surface area contributed by atoms with E-state index in [0.29, 0.717) is 0 Å². The van der Waals surface area contributed by atoms with Crippen LogP contribution in [0.25, 0.3) is 0 Å². The van der Waals surface area contributed by atoms with E-state index in [1.807, 2.05) is 0 Å². The standard InChI is InChI=1S/C13H21BrN2/c1-4-16(5-2)10-9-15-13-8-6-7-12(14)11(13)3/h6-8,15H,4-5,9-10H2,1-3H3. The Labute approximate surface area is 107 Å². The summed E-state index contributed by atoms with van der Waals surface area (Å²) in [6.45, 7) is 10.9. The molecule has 1 rings (SSSR count). The van der Waals surface area contributed by atoms with Crippen LogP contribution in [-0.2, 0) is 0 Å². The zero-order chi connectivity index (χ0) is 12.0. The van der Waals surface area contributed by atoms with Gasteiger partial charge in [0.15, 0.2) is 0 Å². The number of nitrogens with zero attached hydrogens (tertiary/aromatic N) is 1. The van der Waals surface area contributed by atoms with Gasteiger partial charge in [0.2, 0.25) is 0 Å². The van der Waals surface area contributed by atoms with Crippen LogP contribution in [-0.4, -0.2) is 31.1 Å². The van der Waals surface area contributed by atoms with Crippen LogP contribution in [0.3, 0.4) is 0 Å². The second-order valence-electron chi connectivity index (χ2n) is 3.87. The molecule has 16 heavy (non-hydrogen) atoms. The molecule has 0 unspecified atom stereocenters. The van der Waals surface area contributed by atoms with Crippen molar-refractivity contribution in [1.82, 2.24) is 4.90 Å². The molecule has 0 saturated heterocycles. The predicted octanol–water partition coefficient (Wildman–Crippen LogP) is 3.51. The largest absolute Gasteiger partial charge is 0.384 e. The molecule has 0 spiro atoms. The lowest BCUT2D eigenvalue weighted by Crippen LogP contribution is -2.28. The highest BCUT2D eigenvalue weighted by atomic mass is 79.9. The molecule has 0 aliphatic rings. The average molecular weight is 285 g/mol. The third-order valence-electron chi connectivity index (χ3n) is 2.91. The highest BCUT2D eigenvalue weighted by molar-refractivity contribution is 9.10. The third kappa shape index (κ3) is 3.80. The van der Waals surface area contributed by atoms with Gasteiger partial charge in [-0.1, -0.05) is 35.8 Å². The van der Waals surface area contributed by atoms with E-state index in [1.54, 1.807) is 0 Å². The van der Waals surface area contributed by atoms with E-state index >= 15 is 0 Å². The van der Waals surface area contributed by atoms with Crippen LogP contribution in [0.5, 0.6) is 0 Å². The van der Waals surface area contributed by atoms with E-state index < -0.39 is 0 Å². The van der Waals surface area contributed by atoms with Crippen LogP contribution in [0.4, 0.5) is 5.69 Å². The molecule has 0 aromatic heterocycles. The highest BCUT2D eigenvalue weighted by Crippen LogP contribution is 2.23. The Morgan fingerprint density at radius 1 is 1.25 bits per heavy atom.